The van der Waals surface area contributed by atoms with Crippen LogP contribution >= 0.6 is 0 Å². The van der Waals surface area contributed by atoms with Crippen LogP contribution in [-0.4, -0.2) is 169 Å². The van der Waals surface area contributed by atoms with Crippen molar-refractivity contribution >= 4 is 11.8 Å². The summed E-state index contributed by atoms with van der Waals surface area (Å²) in [7, 11) is 0. The van der Waals surface area contributed by atoms with Gasteiger partial charge in [0.05, 0.1) is 79.4 Å². The lowest BCUT2D eigenvalue weighted by atomic mass is 9.88. The van der Waals surface area contributed by atoms with Crippen LogP contribution < -0.4 is 5.73 Å². The van der Waals surface area contributed by atoms with Gasteiger partial charge >= 0.3 is 5.97 Å². The number of Topliss-reactive ketones (excluding diaryl/α,β-unsaturated/α-hetero) is 1. The topological polar surface area (TPSA) is 343 Å². The number of aliphatic hydroxyl groups excluding tert-OH is 13. The molecular weight excluding hydrogens is 1060 g/mol. The lowest BCUT2D eigenvalue weighted by molar-refractivity contribution is -0.132. The van der Waals surface area contributed by atoms with Crippen LogP contribution in [0.5, 0.6) is 0 Å². The average molecular weight is 1170 g/mol. The van der Waals surface area contributed by atoms with E-state index in [1.54, 1.807) is 98.9 Å². The number of hydrogen-bond acceptors (Lipinski definition) is 16. The lowest BCUT2D eigenvalue weighted by Crippen LogP contribution is -2.32. The second-order valence-corrected chi connectivity index (χ2v) is 21.3. The number of hydrogen-bond donors (Lipinski definition) is 15. The van der Waals surface area contributed by atoms with E-state index in [0.29, 0.717) is 19.4 Å². The molecule has 83 heavy (non-hydrogen) atoms. The van der Waals surface area contributed by atoms with E-state index in [2.05, 4.69) is 0 Å². The first kappa shape index (κ1) is 77.9. The Bertz CT molecular complexity index is 2150. The number of allylic oxidation sites excluding steroid dienone is 18. The van der Waals surface area contributed by atoms with E-state index in [1.165, 1.54) is 37.3 Å². The van der Waals surface area contributed by atoms with Gasteiger partial charge in [0.2, 0.25) is 0 Å². The highest BCUT2D eigenvalue weighted by molar-refractivity contribution is 5.86. The Hall–Kier alpha value is -5.06. The normalized spacial score (nSPS) is 19.5. The number of carboxylic acids is 1. The van der Waals surface area contributed by atoms with Gasteiger partial charge in [-0.25, -0.2) is 4.79 Å². The molecule has 0 aliphatic carbocycles. The SMILES string of the molecule is C\C(=C/C=C/C=C/C=C/C=C/CC/C=C/[C@H](C)[C@H](O)[C@@H](C)[C@H](O)/C=C/C=C/C=C/C=C/C=C/C[C@H](O)[C@H](C)C(=O)C[C@H](O)C[C@H](O)C[C@H](O)/C=C/C[C@@H](O)C[C@H](O)C[C@@H](O)C[C@H](O)/C=C/C[C@H](O)/C=C/C[C@H](O)C[C@H](O)CCCN)C(=O)O. The van der Waals surface area contributed by atoms with Gasteiger partial charge in [-0.3, -0.25) is 4.79 Å². The van der Waals surface area contributed by atoms with Crippen molar-refractivity contribution in [2.45, 2.75) is 203 Å². The Morgan fingerprint density at radius 1 is 0.434 bits per heavy atom. The minimum atomic E-state index is -1.21. The quantitative estimate of drug-likeness (QED) is 0.0139. The number of rotatable bonds is 47. The van der Waals surface area contributed by atoms with Crippen molar-refractivity contribution < 1.29 is 81.1 Å². The number of carbonyl (C=O) groups excluding carboxylic acids is 1. The molecule has 0 aliphatic rings. The molecule has 0 saturated carbocycles. The molecule has 0 aliphatic heterocycles. The number of aliphatic carboxylic acids is 1. The summed E-state index contributed by atoms with van der Waals surface area (Å²) in [5, 5.41) is 144. The zero-order chi connectivity index (χ0) is 62.4. The van der Waals surface area contributed by atoms with Crippen molar-refractivity contribution in [3.8, 4) is 0 Å². The smallest absolute Gasteiger partial charge is 0.331 e. The van der Waals surface area contributed by atoms with Gasteiger partial charge in [-0.1, -0.05) is 185 Å². The number of nitrogens with two attached hydrogens (primary N) is 1. The molecule has 17 heteroatoms. The Morgan fingerprint density at radius 3 is 1.43 bits per heavy atom. The molecule has 468 valence electrons. The predicted molar refractivity (Wildman–Crippen MR) is 329 cm³/mol. The van der Waals surface area contributed by atoms with Gasteiger partial charge in [0, 0.05) is 42.6 Å². The van der Waals surface area contributed by atoms with E-state index in [0.717, 1.165) is 12.8 Å². The molecule has 0 heterocycles. The summed E-state index contributed by atoms with van der Waals surface area (Å²) in [6.45, 7) is 7.27. The maximum Gasteiger partial charge on any atom is 0.331 e. The number of aliphatic hydroxyl groups is 13. The van der Waals surface area contributed by atoms with Crippen molar-refractivity contribution in [3.05, 3.63) is 170 Å². The van der Waals surface area contributed by atoms with Crippen LogP contribution in [0.1, 0.15) is 124 Å². The van der Waals surface area contributed by atoms with Crippen molar-refractivity contribution in [2.24, 2.45) is 23.5 Å². The van der Waals surface area contributed by atoms with Crippen molar-refractivity contribution in [1.29, 1.82) is 0 Å². The minimum absolute atomic E-state index is 0.0526. The molecule has 0 bridgehead atoms. The van der Waals surface area contributed by atoms with Gasteiger partial charge in [-0.2, -0.15) is 0 Å². The molecule has 0 fully saturated rings. The average Bonchev–Trinajstić information content (AvgIpc) is 3.42. The van der Waals surface area contributed by atoms with Gasteiger partial charge in [-0.15, -0.1) is 0 Å². The highest BCUT2D eigenvalue weighted by atomic mass is 16.4. The molecule has 0 aromatic carbocycles. The molecule has 0 radical (unpaired) electrons. The van der Waals surface area contributed by atoms with Crippen LogP contribution in [0.15, 0.2) is 170 Å². The highest BCUT2D eigenvalue weighted by Gasteiger charge is 2.26. The maximum absolute atomic E-state index is 12.8. The fourth-order valence-corrected chi connectivity index (χ4v) is 8.18. The van der Waals surface area contributed by atoms with Gasteiger partial charge in [-0.05, 0) is 90.5 Å². The van der Waals surface area contributed by atoms with Gasteiger partial charge in [0.25, 0.3) is 0 Å². The molecule has 0 rings (SSSR count). The van der Waals surface area contributed by atoms with Crippen LogP contribution in [-0.2, 0) is 9.59 Å². The monoisotopic (exact) mass is 1170 g/mol. The first-order valence-electron chi connectivity index (χ1n) is 29.1. The Balaban J connectivity index is 4.51. The lowest BCUT2D eigenvalue weighted by Gasteiger charge is -2.25. The second kappa shape index (κ2) is 49.2. The fourth-order valence-electron chi connectivity index (χ4n) is 8.18. The van der Waals surface area contributed by atoms with Gasteiger partial charge in [0.1, 0.15) is 5.78 Å². The second-order valence-electron chi connectivity index (χ2n) is 21.3. The number of ketones is 1. The molecule has 16 atom stereocenters. The third-order valence-corrected chi connectivity index (χ3v) is 13.4. The van der Waals surface area contributed by atoms with Crippen LogP contribution in [0, 0.1) is 17.8 Å². The molecule has 16 N–H and O–H groups in total. The summed E-state index contributed by atoms with van der Waals surface area (Å²) in [6, 6.07) is 0. The van der Waals surface area contributed by atoms with Crippen LogP contribution in [0.25, 0.3) is 0 Å². The molecule has 0 saturated heterocycles. The number of carboxylic acid groups (broad SMARTS) is 1. The summed E-state index contributed by atoms with van der Waals surface area (Å²) in [4.78, 5) is 23.6. The van der Waals surface area contributed by atoms with Crippen molar-refractivity contribution in [2.75, 3.05) is 6.54 Å². The van der Waals surface area contributed by atoms with E-state index in [-0.39, 0.29) is 87.9 Å². The Morgan fingerprint density at radius 2 is 0.880 bits per heavy atom. The van der Waals surface area contributed by atoms with Gasteiger partial charge in [0.15, 0.2) is 0 Å². The maximum atomic E-state index is 12.8. The van der Waals surface area contributed by atoms with Gasteiger partial charge < -0.3 is 77.2 Å². The molecule has 0 unspecified atom stereocenters. The van der Waals surface area contributed by atoms with Crippen molar-refractivity contribution in [1.82, 2.24) is 0 Å². The van der Waals surface area contributed by atoms with Crippen molar-refractivity contribution in [3.63, 3.8) is 0 Å². The van der Waals surface area contributed by atoms with E-state index >= 15 is 0 Å². The van der Waals surface area contributed by atoms with Crippen LogP contribution in [0.2, 0.25) is 0 Å². The van der Waals surface area contributed by atoms with E-state index in [1.807, 2.05) is 55.5 Å². The summed E-state index contributed by atoms with van der Waals surface area (Å²) in [5.74, 6) is -2.66. The van der Waals surface area contributed by atoms with Crippen LogP contribution in [0.4, 0.5) is 0 Å². The third-order valence-electron chi connectivity index (χ3n) is 13.4. The molecule has 0 amide bonds. The summed E-state index contributed by atoms with van der Waals surface area (Å²) in [5.41, 5.74) is 5.69. The number of carbonyl (C=O) groups is 2. The Kier molecular flexibility index (Phi) is 46.2. The standard InChI is InChI=1S/C66H103NO16/c1-48(29-21-17-13-9-6-5-7-10-14-18-22-30-49(2)66(82)83)65(81)51(4)63(79)39-24-20-16-12-8-11-15-19-23-38-62(78)50(3)64(80)47-61(77)46-60(76)44-56(72)36-27-35-55(71)43-59(75)45-58(74)42-54(70)34-26-32-52(68)31-25-33-53(69)41-57(73)37-28-40-67/h5-12,14-16,18-27,29-31,34,36,39,48,50-63,65,68-79,81H,13,17,28,32-33,35,37-38,40-47,67H2,1-4H3,(H,82,83)/b7-5+,9-6+,12-8+,14-10+,15-11+,20-16+,22-18+,23-19+,29-21+,31-25+,34-26+,36-27+,39-24+,49-30+/t48-,50-,51-,52+,53-,54+,55+,56+,57+,58-,59-,60+,61+,62-,63+,65-/m0/s1. The molecular formula is C66H103NO16. The van der Waals surface area contributed by atoms with Crippen LogP contribution in [0.3, 0.4) is 0 Å². The zero-order valence-corrected chi connectivity index (χ0v) is 49.3. The third kappa shape index (κ3) is 44.1. The van der Waals surface area contributed by atoms with E-state index in [4.69, 9.17) is 10.8 Å². The predicted octanol–water partition coefficient (Wildman–Crippen LogP) is 6.23. The van der Waals surface area contributed by atoms with E-state index < -0.39 is 97.2 Å². The summed E-state index contributed by atoms with van der Waals surface area (Å²) in [6.07, 6.45) is 36.9. The fraction of sp³-hybridized carbons (Fsp3) is 0.545. The highest BCUT2D eigenvalue weighted by Crippen LogP contribution is 2.20. The zero-order valence-electron chi connectivity index (χ0n) is 49.3. The first-order chi connectivity index (χ1) is 39.5. The first-order valence-corrected chi connectivity index (χ1v) is 29.1. The molecule has 0 aromatic rings. The number of unbranched alkanes of at least 4 members (excludes halogenated alkanes) is 1. The summed E-state index contributed by atoms with van der Waals surface area (Å²) >= 11 is 0. The Labute approximate surface area is 494 Å². The van der Waals surface area contributed by atoms with E-state index in [9.17, 15) is 76.0 Å². The largest absolute Gasteiger partial charge is 0.478 e. The molecule has 17 nitrogen and oxygen atoms in total. The summed E-state index contributed by atoms with van der Waals surface area (Å²) < 4.78 is 0. The molecule has 0 aromatic heterocycles. The minimum Gasteiger partial charge on any atom is -0.478 e. The molecule has 0 spiro atoms.